The highest BCUT2D eigenvalue weighted by molar-refractivity contribution is 7.89. The van der Waals surface area contributed by atoms with Crippen LogP contribution in [-0.2, 0) is 21.2 Å². The number of fused-ring (bicyclic) bond motifs is 1. The third kappa shape index (κ3) is 3.22. The van der Waals surface area contributed by atoms with E-state index in [9.17, 15) is 13.2 Å². The minimum atomic E-state index is -3.14. The number of rotatable bonds is 3. The lowest BCUT2D eigenvalue weighted by Gasteiger charge is -2.36. The van der Waals surface area contributed by atoms with Gasteiger partial charge in [-0.05, 0) is 50.7 Å². The molecular weight excluding hydrogens is 324 g/mol. The fraction of sp³-hybridized carbons (Fsp3) is 0.611. The molecule has 132 valence electrons. The number of hydrogen-bond donors (Lipinski definition) is 0. The summed E-state index contributed by atoms with van der Waals surface area (Å²) in [6.07, 6.45) is 3.25. The second-order valence-electron chi connectivity index (χ2n) is 6.75. The molecule has 1 fully saturated rings. The van der Waals surface area contributed by atoms with Crippen molar-refractivity contribution in [3.63, 3.8) is 0 Å². The molecule has 0 saturated carbocycles. The molecule has 24 heavy (non-hydrogen) atoms. The Balaban J connectivity index is 1.74. The summed E-state index contributed by atoms with van der Waals surface area (Å²) >= 11 is 0. The maximum Gasteiger partial charge on any atom is 0.230 e. The fourth-order valence-corrected chi connectivity index (χ4v) is 4.98. The van der Waals surface area contributed by atoms with Gasteiger partial charge >= 0.3 is 0 Å². The highest BCUT2D eigenvalue weighted by Crippen LogP contribution is 2.33. The van der Waals surface area contributed by atoms with Crippen LogP contribution in [0.3, 0.4) is 0 Å². The lowest BCUT2D eigenvalue weighted by atomic mass is 9.93. The predicted molar refractivity (Wildman–Crippen MR) is 95.6 cm³/mol. The van der Waals surface area contributed by atoms with Gasteiger partial charge in [-0.1, -0.05) is 18.2 Å². The van der Waals surface area contributed by atoms with Crippen LogP contribution in [0.1, 0.15) is 37.3 Å². The number of piperidine rings is 1. The van der Waals surface area contributed by atoms with Crippen molar-refractivity contribution in [2.24, 2.45) is 5.92 Å². The number of anilines is 1. The fourth-order valence-electron chi connectivity index (χ4n) is 3.85. The van der Waals surface area contributed by atoms with E-state index in [0.29, 0.717) is 25.9 Å². The molecule has 0 aromatic heterocycles. The highest BCUT2D eigenvalue weighted by atomic mass is 32.2. The first kappa shape index (κ1) is 17.4. The summed E-state index contributed by atoms with van der Waals surface area (Å²) in [5.41, 5.74) is 3.48. The number of nitrogens with zero attached hydrogens (tertiary/aromatic N) is 2. The van der Waals surface area contributed by atoms with Crippen LogP contribution in [0.4, 0.5) is 5.69 Å². The Morgan fingerprint density at radius 1 is 1.21 bits per heavy atom. The topological polar surface area (TPSA) is 57.7 Å². The van der Waals surface area contributed by atoms with E-state index in [2.05, 4.69) is 25.1 Å². The van der Waals surface area contributed by atoms with Gasteiger partial charge in [-0.15, -0.1) is 0 Å². The Hall–Kier alpha value is -1.40. The zero-order valence-corrected chi connectivity index (χ0v) is 15.3. The van der Waals surface area contributed by atoms with Crippen LogP contribution in [0.2, 0.25) is 0 Å². The third-order valence-electron chi connectivity index (χ3n) is 5.25. The van der Waals surface area contributed by atoms with Crippen LogP contribution in [-0.4, -0.2) is 44.0 Å². The molecule has 1 saturated heterocycles. The van der Waals surface area contributed by atoms with E-state index >= 15 is 0 Å². The van der Waals surface area contributed by atoms with Crippen molar-refractivity contribution in [3.05, 3.63) is 29.3 Å². The Bertz CT molecular complexity index is 722. The number of sulfonamides is 1. The minimum absolute atomic E-state index is 0.0705. The van der Waals surface area contributed by atoms with Crippen molar-refractivity contribution in [1.29, 1.82) is 0 Å². The van der Waals surface area contributed by atoms with Gasteiger partial charge in [0.2, 0.25) is 15.9 Å². The molecule has 1 amide bonds. The molecule has 1 aromatic rings. The van der Waals surface area contributed by atoms with Gasteiger partial charge in [0.25, 0.3) is 0 Å². The molecular formula is C18H26N2O3S. The maximum absolute atomic E-state index is 13.1. The van der Waals surface area contributed by atoms with Crippen molar-refractivity contribution in [1.82, 2.24) is 4.31 Å². The van der Waals surface area contributed by atoms with E-state index in [0.717, 1.165) is 30.6 Å². The summed E-state index contributed by atoms with van der Waals surface area (Å²) in [6, 6.07) is 6.22. The first-order valence-electron chi connectivity index (χ1n) is 8.81. The van der Waals surface area contributed by atoms with Gasteiger partial charge < -0.3 is 4.90 Å². The number of amides is 1. The summed E-state index contributed by atoms with van der Waals surface area (Å²) in [5, 5.41) is 0. The molecule has 6 heteroatoms. The van der Waals surface area contributed by atoms with E-state index in [1.54, 1.807) is 6.92 Å². The number of benzene rings is 1. The average molecular weight is 350 g/mol. The number of aryl methyl sites for hydroxylation is 2. The van der Waals surface area contributed by atoms with Crippen LogP contribution in [0, 0.1) is 12.8 Å². The van der Waals surface area contributed by atoms with Crippen molar-refractivity contribution in [3.8, 4) is 0 Å². The zero-order valence-electron chi connectivity index (χ0n) is 14.5. The molecule has 0 N–H and O–H groups in total. The molecule has 0 radical (unpaired) electrons. The zero-order chi connectivity index (χ0) is 17.3. The lowest BCUT2D eigenvalue weighted by molar-refractivity contribution is -0.123. The molecule has 0 atom stereocenters. The standard InChI is InChI=1S/C18H26N2O3S/c1-3-24(22,23)19-12-9-16(10-13-19)18(21)20-11-5-8-15-7-4-6-14(2)17(15)20/h4,6-7,16H,3,5,8-13H2,1-2H3. The first-order chi connectivity index (χ1) is 11.4. The molecule has 5 nitrogen and oxygen atoms in total. The average Bonchev–Trinajstić information content (AvgIpc) is 2.61. The first-order valence-corrected chi connectivity index (χ1v) is 10.4. The van der Waals surface area contributed by atoms with Gasteiger partial charge in [0.05, 0.1) is 5.75 Å². The molecule has 2 heterocycles. The van der Waals surface area contributed by atoms with Gasteiger partial charge in [0, 0.05) is 31.2 Å². The second-order valence-corrected chi connectivity index (χ2v) is 9.01. The van der Waals surface area contributed by atoms with E-state index in [1.807, 2.05) is 4.90 Å². The molecule has 2 aliphatic rings. The lowest BCUT2D eigenvalue weighted by Crippen LogP contribution is -2.46. The minimum Gasteiger partial charge on any atom is -0.312 e. The largest absolute Gasteiger partial charge is 0.312 e. The predicted octanol–water partition coefficient (Wildman–Crippen LogP) is 2.34. The summed E-state index contributed by atoms with van der Waals surface area (Å²) < 4.78 is 25.5. The smallest absolute Gasteiger partial charge is 0.230 e. The second kappa shape index (κ2) is 6.84. The van der Waals surface area contributed by atoms with Crippen molar-refractivity contribution >= 4 is 21.6 Å². The molecule has 2 aliphatic heterocycles. The van der Waals surface area contributed by atoms with Gasteiger partial charge in [0.15, 0.2) is 0 Å². The van der Waals surface area contributed by atoms with Crippen molar-refractivity contribution in [2.45, 2.75) is 39.5 Å². The highest BCUT2D eigenvalue weighted by Gasteiger charge is 2.34. The molecule has 0 bridgehead atoms. The monoisotopic (exact) mass is 350 g/mol. The van der Waals surface area contributed by atoms with E-state index in [-0.39, 0.29) is 17.6 Å². The third-order valence-corrected chi connectivity index (χ3v) is 7.13. The quantitative estimate of drug-likeness (QED) is 0.841. The van der Waals surface area contributed by atoms with E-state index < -0.39 is 10.0 Å². The number of carbonyl (C=O) groups excluding carboxylic acids is 1. The molecule has 0 aliphatic carbocycles. The Kier molecular flexibility index (Phi) is 4.97. The molecule has 1 aromatic carbocycles. The van der Waals surface area contributed by atoms with E-state index in [1.165, 1.54) is 9.87 Å². The van der Waals surface area contributed by atoms with Gasteiger partial charge in [0.1, 0.15) is 0 Å². The number of carbonyl (C=O) groups is 1. The Labute approximate surface area is 144 Å². The van der Waals surface area contributed by atoms with Gasteiger partial charge in [-0.2, -0.15) is 0 Å². The maximum atomic E-state index is 13.1. The SMILES string of the molecule is CCS(=O)(=O)N1CCC(C(=O)N2CCCc3cccc(C)c32)CC1. The van der Waals surface area contributed by atoms with Gasteiger partial charge in [-0.25, -0.2) is 12.7 Å². The summed E-state index contributed by atoms with van der Waals surface area (Å²) in [7, 11) is -3.14. The number of hydrogen-bond acceptors (Lipinski definition) is 3. The van der Waals surface area contributed by atoms with E-state index in [4.69, 9.17) is 0 Å². The van der Waals surface area contributed by atoms with Crippen LogP contribution < -0.4 is 4.90 Å². The molecule has 0 unspecified atom stereocenters. The van der Waals surface area contributed by atoms with Gasteiger partial charge in [-0.3, -0.25) is 4.79 Å². The van der Waals surface area contributed by atoms with Crippen LogP contribution in [0.15, 0.2) is 18.2 Å². The van der Waals surface area contributed by atoms with Crippen LogP contribution >= 0.6 is 0 Å². The summed E-state index contributed by atoms with van der Waals surface area (Å²) in [4.78, 5) is 15.0. The van der Waals surface area contributed by atoms with Crippen molar-refractivity contribution in [2.75, 3.05) is 30.3 Å². The summed E-state index contributed by atoms with van der Waals surface area (Å²) in [5.74, 6) is 0.224. The Morgan fingerprint density at radius 2 is 1.92 bits per heavy atom. The molecule has 3 rings (SSSR count). The normalized spacial score (nSPS) is 20.0. The molecule has 0 spiro atoms. The summed E-state index contributed by atoms with van der Waals surface area (Å²) in [6.45, 7) is 5.41. The number of para-hydroxylation sites is 1. The van der Waals surface area contributed by atoms with Crippen molar-refractivity contribution < 1.29 is 13.2 Å². The Morgan fingerprint density at radius 3 is 2.58 bits per heavy atom. The van der Waals surface area contributed by atoms with Crippen LogP contribution in [0.25, 0.3) is 0 Å². The van der Waals surface area contributed by atoms with Crippen LogP contribution in [0.5, 0.6) is 0 Å².